The van der Waals surface area contributed by atoms with Crippen LogP contribution in [-0.4, -0.2) is 30.6 Å². The lowest BCUT2D eigenvalue weighted by atomic mass is 9.65. The normalized spacial score (nSPS) is 25.4. The van der Waals surface area contributed by atoms with Crippen LogP contribution in [0.15, 0.2) is 48.5 Å². The molecule has 0 saturated heterocycles. The van der Waals surface area contributed by atoms with Crippen LogP contribution < -0.4 is 0 Å². The van der Waals surface area contributed by atoms with E-state index in [2.05, 4.69) is 0 Å². The number of hydrogen-bond donors (Lipinski definition) is 1. The zero-order chi connectivity index (χ0) is 21.2. The molecule has 3 rings (SSSR count). The van der Waals surface area contributed by atoms with Crippen molar-refractivity contribution in [1.29, 1.82) is 0 Å². The average molecular weight is 426 g/mol. The van der Waals surface area contributed by atoms with Gasteiger partial charge >= 0.3 is 6.18 Å². The van der Waals surface area contributed by atoms with Crippen molar-refractivity contribution in [3.8, 4) is 0 Å². The third-order valence-corrected chi connectivity index (χ3v) is 6.20. The molecule has 1 N–H and O–H groups in total. The molecule has 3 unspecified atom stereocenters. The Balaban J connectivity index is 1.89. The van der Waals surface area contributed by atoms with Gasteiger partial charge in [0.1, 0.15) is 0 Å². The lowest BCUT2D eigenvalue weighted by Crippen LogP contribution is -2.46. The van der Waals surface area contributed by atoms with Crippen molar-refractivity contribution >= 4 is 11.6 Å². The highest BCUT2D eigenvalue weighted by Gasteiger charge is 2.47. The number of alkyl halides is 3. The lowest BCUT2D eigenvalue weighted by molar-refractivity contribution is -0.144. The molecule has 2 aromatic carbocycles. The van der Waals surface area contributed by atoms with Crippen LogP contribution in [0.5, 0.6) is 0 Å². The predicted octanol–water partition coefficient (Wildman–Crippen LogP) is 5.77. The molecule has 2 aromatic rings. The summed E-state index contributed by atoms with van der Waals surface area (Å²) in [6.45, 7) is 0.528. The van der Waals surface area contributed by atoms with Crippen LogP contribution in [0.3, 0.4) is 0 Å². The van der Waals surface area contributed by atoms with Crippen LogP contribution in [0.2, 0.25) is 5.02 Å². The van der Waals surface area contributed by atoms with E-state index in [4.69, 9.17) is 11.6 Å². The molecule has 1 saturated carbocycles. The van der Waals surface area contributed by atoms with Gasteiger partial charge in [0.25, 0.3) is 0 Å². The number of benzene rings is 2. The van der Waals surface area contributed by atoms with Crippen molar-refractivity contribution in [3.05, 3.63) is 70.2 Å². The molecule has 0 radical (unpaired) electrons. The van der Waals surface area contributed by atoms with Gasteiger partial charge in [-0.2, -0.15) is 13.2 Å². The average Bonchev–Trinajstić information content (AvgIpc) is 2.65. The second-order valence-electron chi connectivity index (χ2n) is 8.40. The van der Waals surface area contributed by atoms with Gasteiger partial charge in [0.05, 0.1) is 11.2 Å². The number of nitrogens with zero attached hydrogens (tertiary/aromatic N) is 1. The SMILES string of the molecule is CN(C)CC1CC(Cc2ccc(Cl)cc2)CCC1(O)c1ccccc1C(F)(F)F. The van der Waals surface area contributed by atoms with E-state index in [1.807, 2.05) is 43.3 Å². The summed E-state index contributed by atoms with van der Waals surface area (Å²) in [5.74, 6) is 0.0199. The monoisotopic (exact) mass is 425 g/mol. The van der Waals surface area contributed by atoms with E-state index in [0.29, 0.717) is 36.7 Å². The molecular weight excluding hydrogens is 399 g/mol. The van der Waals surface area contributed by atoms with Crippen LogP contribution in [0.4, 0.5) is 13.2 Å². The number of rotatable bonds is 5. The molecule has 6 heteroatoms. The van der Waals surface area contributed by atoms with E-state index >= 15 is 0 Å². The largest absolute Gasteiger partial charge is 0.416 e. The molecule has 0 aromatic heterocycles. The molecule has 0 spiro atoms. The summed E-state index contributed by atoms with van der Waals surface area (Å²) in [5, 5.41) is 12.3. The maximum Gasteiger partial charge on any atom is 0.416 e. The van der Waals surface area contributed by atoms with Crippen LogP contribution in [-0.2, 0) is 18.2 Å². The molecule has 3 atom stereocenters. The van der Waals surface area contributed by atoms with Crippen molar-refractivity contribution in [2.75, 3.05) is 20.6 Å². The van der Waals surface area contributed by atoms with Gasteiger partial charge in [0.15, 0.2) is 0 Å². The van der Waals surface area contributed by atoms with E-state index < -0.39 is 17.3 Å². The molecular formula is C23H27ClF3NO. The predicted molar refractivity (Wildman–Crippen MR) is 110 cm³/mol. The van der Waals surface area contributed by atoms with Gasteiger partial charge in [-0.3, -0.25) is 0 Å². The van der Waals surface area contributed by atoms with Crippen molar-refractivity contribution < 1.29 is 18.3 Å². The second kappa shape index (κ2) is 8.66. The first-order chi connectivity index (χ1) is 13.6. The van der Waals surface area contributed by atoms with Crippen molar-refractivity contribution in [2.24, 2.45) is 11.8 Å². The molecule has 0 amide bonds. The first-order valence-electron chi connectivity index (χ1n) is 9.88. The molecule has 1 aliphatic carbocycles. The highest BCUT2D eigenvalue weighted by molar-refractivity contribution is 6.30. The number of halogens is 4. The fraction of sp³-hybridized carbons (Fsp3) is 0.478. The van der Waals surface area contributed by atoms with Gasteiger partial charge in [-0.1, -0.05) is 41.9 Å². The second-order valence-corrected chi connectivity index (χ2v) is 8.83. The van der Waals surface area contributed by atoms with Crippen LogP contribution >= 0.6 is 11.6 Å². The Morgan fingerprint density at radius 1 is 1.10 bits per heavy atom. The minimum atomic E-state index is -4.49. The Kier molecular flexibility index (Phi) is 6.61. The van der Waals surface area contributed by atoms with Gasteiger partial charge in [-0.25, -0.2) is 0 Å². The number of aliphatic hydroxyl groups is 1. The zero-order valence-corrected chi connectivity index (χ0v) is 17.5. The first kappa shape index (κ1) is 22.1. The zero-order valence-electron chi connectivity index (χ0n) is 16.7. The summed E-state index contributed by atoms with van der Waals surface area (Å²) in [4.78, 5) is 1.94. The molecule has 2 nitrogen and oxygen atoms in total. The van der Waals surface area contributed by atoms with Crippen LogP contribution in [0.25, 0.3) is 0 Å². The van der Waals surface area contributed by atoms with E-state index in [1.165, 1.54) is 12.1 Å². The molecule has 158 valence electrons. The van der Waals surface area contributed by atoms with E-state index in [-0.39, 0.29) is 11.5 Å². The van der Waals surface area contributed by atoms with Gasteiger partial charge in [-0.15, -0.1) is 0 Å². The molecule has 0 aliphatic heterocycles. The third-order valence-electron chi connectivity index (χ3n) is 5.95. The molecule has 0 bridgehead atoms. The molecule has 29 heavy (non-hydrogen) atoms. The summed E-state index contributed by atoms with van der Waals surface area (Å²) < 4.78 is 40.9. The Morgan fingerprint density at radius 3 is 2.38 bits per heavy atom. The van der Waals surface area contributed by atoms with Crippen LogP contribution in [0.1, 0.15) is 36.0 Å². The van der Waals surface area contributed by atoms with E-state index in [1.54, 1.807) is 6.07 Å². The Labute approximate surface area is 175 Å². The molecule has 1 fully saturated rings. The minimum absolute atomic E-state index is 0.00397. The Morgan fingerprint density at radius 2 is 1.76 bits per heavy atom. The van der Waals surface area contributed by atoms with E-state index in [9.17, 15) is 18.3 Å². The van der Waals surface area contributed by atoms with Gasteiger partial charge in [0.2, 0.25) is 0 Å². The first-order valence-corrected chi connectivity index (χ1v) is 10.3. The fourth-order valence-corrected chi connectivity index (χ4v) is 4.74. The molecule has 1 aliphatic rings. The standard InChI is InChI=1S/C23H27ClF3NO/c1-28(2)15-18-14-17(13-16-7-9-19(24)10-8-16)11-12-22(18,29)20-5-3-4-6-21(20)23(25,26)27/h3-10,17-18,29H,11-15H2,1-2H3. The summed E-state index contributed by atoms with van der Waals surface area (Å²) in [5.41, 5.74) is -1.07. The van der Waals surface area contributed by atoms with Crippen LogP contribution in [0, 0.1) is 11.8 Å². The Bertz CT molecular complexity index is 822. The maximum atomic E-state index is 13.6. The van der Waals surface area contributed by atoms with E-state index in [0.717, 1.165) is 18.1 Å². The third kappa shape index (κ3) is 5.14. The molecule has 0 heterocycles. The lowest BCUT2D eigenvalue weighted by Gasteiger charge is -2.45. The smallest absolute Gasteiger partial charge is 0.385 e. The fourth-order valence-electron chi connectivity index (χ4n) is 4.61. The summed E-state index contributed by atoms with van der Waals surface area (Å²) >= 11 is 5.96. The quantitative estimate of drug-likeness (QED) is 0.657. The summed E-state index contributed by atoms with van der Waals surface area (Å²) in [6.07, 6.45) is -2.00. The topological polar surface area (TPSA) is 23.5 Å². The van der Waals surface area contributed by atoms with Crippen molar-refractivity contribution in [2.45, 2.75) is 37.5 Å². The highest BCUT2D eigenvalue weighted by Crippen LogP contribution is 2.48. The maximum absolute atomic E-state index is 13.6. The number of hydrogen-bond acceptors (Lipinski definition) is 2. The highest BCUT2D eigenvalue weighted by atomic mass is 35.5. The Hall–Kier alpha value is -1.56. The minimum Gasteiger partial charge on any atom is -0.385 e. The van der Waals surface area contributed by atoms with Crippen molar-refractivity contribution in [1.82, 2.24) is 4.90 Å². The van der Waals surface area contributed by atoms with Gasteiger partial charge < -0.3 is 10.0 Å². The summed E-state index contributed by atoms with van der Waals surface area (Å²) in [6, 6.07) is 13.1. The van der Waals surface area contributed by atoms with Gasteiger partial charge in [0, 0.05) is 17.5 Å². The van der Waals surface area contributed by atoms with Crippen molar-refractivity contribution in [3.63, 3.8) is 0 Å². The summed E-state index contributed by atoms with van der Waals surface area (Å²) in [7, 11) is 3.78. The van der Waals surface area contributed by atoms with Gasteiger partial charge in [-0.05, 0) is 75.0 Å².